The third kappa shape index (κ3) is 2.65. The second kappa shape index (κ2) is 4.44. The minimum Gasteiger partial charge on any atom is -0.481 e. The van der Waals surface area contributed by atoms with E-state index in [1.807, 2.05) is 0 Å². The summed E-state index contributed by atoms with van der Waals surface area (Å²) in [6, 6.07) is 0. The monoisotopic (exact) mass is 238 g/mol. The Morgan fingerprint density at radius 2 is 1.87 bits per heavy atom. The lowest BCUT2D eigenvalue weighted by Crippen LogP contribution is -2.45. The predicted molar refractivity (Wildman–Crippen MR) is 50.4 cm³/mol. The minimum absolute atomic E-state index is 0.129. The maximum atomic E-state index is 11.4. The first-order valence-electron chi connectivity index (χ1n) is 4.51. The van der Waals surface area contributed by atoms with Crippen LogP contribution in [0.3, 0.4) is 0 Å². The van der Waals surface area contributed by atoms with E-state index in [0.29, 0.717) is 0 Å². The zero-order valence-corrected chi connectivity index (χ0v) is 9.14. The first-order valence-corrected chi connectivity index (χ1v) is 5.91. The number of nitrogens with zero attached hydrogens (tertiary/aromatic N) is 2. The fourth-order valence-electron chi connectivity index (χ4n) is 1.50. The van der Waals surface area contributed by atoms with Crippen molar-refractivity contribution < 1.29 is 23.5 Å². The molecule has 1 aliphatic heterocycles. The van der Waals surface area contributed by atoms with E-state index < -0.39 is 22.1 Å². The molecule has 0 radical (unpaired) electrons. The molecule has 1 rings (SSSR count). The van der Waals surface area contributed by atoms with Crippen molar-refractivity contribution in [2.24, 2.45) is 5.92 Å². The number of rotatable bonds is 3. The Hall–Kier alpha value is -0.700. The van der Waals surface area contributed by atoms with E-state index >= 15 is 0 Å². The summed E-state index contributed by atoms with van der Waals surface area (Å²) in [6.45, 7) is 0.258. The topological polar surface area (TPSA) is 98.2 Å². The summed E-state index contributed by atoms with van der Waals surface area (Å²) in [5.41, 5.74) is 0. The van der Waals surface area contributed by atoms with Crippen LogP contribution in [0.25, 0.3) is 0 Å². The molecule has 8 heteroatoms. The van der Waals surface area contributed by atoms with Gasteiger partial charge in [-0.1, -0.05) is 4.47 Å². The van der Waals surface area contributed by atoms with Crippen LogP contribution in [0.1, 0.15) is 12.8 Å². The standard InChI is InChI=1S/C7H14N2O5S/c1-8(12)15(13,14)9-4-2-6(3-5-9)7(10)11/h6,12H,2-5H2,1H3,(H,10,11). The van der Waals surface area contributed by atoms with E-state index in [1.54, 1.807) is 0 Å². The maximum Gasteiger partial charge on any atom is 0.306 e. The van der Waals surface area contributed by atoms with Gasteiger partial charge < -0.3 is 5.11 Å². The Balaban J connectivity index is 2.62. The SMILES string of the molecule is CN(O)S(=O)(=O)N1CCC(C(=O)O)CC1. The Bertz CT molecular complexity index is 331. The van der Waals surface area contributed by atoms with Crippen molar-refractivity contribution in [3.8, 4) is 0 Å². The maximum absolute atomic E-state index is 11.4. The number of carbonyl (C=O) groups is 1. The molecule has 2 N–H and O–H groups in total. The third-order valence-electron chi connectivity index (χ3n) is 2.46. The van der Waals surface area contributed by atoms with Crippen molar-refractivity contribution in [2.45, 2.75) is 12.8 Å². The van der Waals surface area contributed by atoms with Gasteiger partial charge in [0.25, 0.3) is 0 Å². The molecule has 0 aliphatic carbocycles. The van der Waals surface area contributed by atoms with E-state index in [1.165, 1.54) is 0 Å². The van der Waals surface area contributed by atoms with E-state index in [9.17, 15) is 13.2 Å². The zero-order chi connectivity index (χ0) is 11.6. The number of hydrogen-bond acceptors (Lipinski definition) is 4. The van der Waals surface area contributed by atoms with Gasteiger partial charge in [0.2, 0.25) is 0 Å². The summed E-state index contributed by atoms with van der Waals surface area (Å²) in [5.74, 6) is -1.38. The quantitative estimate of drug-likeness (QED) is 0.636. The van der Waals surface area contributed by atoms with Gasteiger partial charge in [-0.2, -0.15) is 12.7 Å². The predicted octanol–water partition coefficient (Wildman–Crippen LogP) is -0.651. The molecular formula is C7H14N2O5S. The highest BCUT2D eigenvalue weighted by molar-refractivity contribution is 7.86. The second-order valence-corrected chi connectivity index (χ2v) is 5.39. The fraction of sp³-hybridized carbons (Fsp3) is 0.857. The van der Waals surface area contributed by atoms with Gasteiger partial charge >= 0.3 is 16.2 Å². The van der Waals surface area contributed by atoms with Crippen LogP contribution >= 0.6 is 0 Å². The Labute approximate surface area is 88.0 Å². The molecule has 0 saturated carbocycles. The molecule has 0 aromatic carbocycles. The van der Waals surface area contributed by atoms with Gasteiger partial charge in [0, 0.05) is 20.1 Å². The highest BCUT2D eigenvalue weighted by Crippen LogP contribution is 2.20. The summed E-state index contributed by atoms with van der Waals surface area (Å²) >= 11 is 0. The van der Waals surface area contributed by atoms with Gasteiger partial charge in [0.15, 0.2) is 0 Å². The molecule has 0 bridgehead atoms. The highest BCUT2D eigenvalue weighted by atomic mass is 32.2. The van der Waals surface area contributed by atoms with Gasteiger partial charge in [-0.15, -0.1) is 0 Å². The summed E-state index contributed by atoms with van der Waals surface area (Å²) in [6.07, 6.45) is 0.560. The van der Waals surface area contributed by atoms with E-state index in [2.05, 4.69) is 0 Å². The van der Waals surface area contributed by atoms with Crippen LogP contribution in [-0.4, -0.2) is 53.6 Å². The Morgan fingerprint density at radius 3 is 2.20 bits per heavy atom. The average molecular weight is 238 g/mol. The first kappa shape index (κ1) is 12.4. The van der Waals surface area contributed by atoms with Crippen LogP contribution in [0, 0.1) is 5.92 Å². The summed E-state index contributed by atoms with van der Waals surface area (Å²) in [7, 11) is -2.79. The molecule has 0 aromatic heterocycles. The van der Waals surface area contributed by atoms with Gasteiger partial charge in [-0.3, -0.25) is 10.0 Å². The van der Waals surface area contributed by atoms with Crippen LogP contribution in [0.2, 0.25) is 0 Å². The molecule has 0 atom stereocenters. The molecule has 1 aliphatic rings. The van der Waals surface area contributed by atoms with Crippen LogP contribution in [0.15, 0.2) is 0 Å². The molecular weight excluding hydrogens is 224 g/mol. The second-order valence-electron chi connectivity index (χ2n) is 3.45. The molecule has 1 fully saturated rings. The van der Waals surface area contributed by atoms with Crippen molar-refractivity contribution in [2.75, 3.05) is 20.1 Å². The molecule has 0 unspecified atom stereocenters. The van der Waals surface area contributed by atoms with Crippen molar-refractivity contribution in [1.82, 2.24) is 8.77 Å². The summed E-state index contributed by atoms with van der Waals surface area (Å²) in [4.78, 5) is 10.6. The van der Waals surface area contributed by atoms with E-state index in [0.717, 1.165) is 11.4 Å². The van der Waals surface area contributed by atoms with Gasteiger partial charge in [0.1, 0.15) is 0 Å². The minimum atomic E-state index is -3.82. The molecule has 7 nitrogen and oxygen atoms in total. The van der Waals surface area contributed by atoms with Crippen LogP contribution < -0.4 is 0 Å². The van der Waals surface area contributed by atoms with Crippen LogP contribution in [0.5, 0.6) is 0 Å². The number of hydrogen-bond donors (Lipinski definition) is 2. The largest absolute Gasteiger partial charge is 0.481 e. The third-order valence-corrected chi connectivity index (χ3v) is 4.15. The number of hydroxylamine groups is 1. The van der Waals surface area contributed by atoms with Gasteiger partial charge in [-0.25, -0.2) is 0 Å². The number of carboxylic acids is 1. The fourth-order valence-corrected chi connectivity index (χ4v) is 2.51. The average Bonchev–Trinajstić information content (AvgIpc) is 2.17. The molecule has 0 amide bonds. The molecule has 88 valence electrons. The van der Waals surface area contributed by atoms with Crippen molar-refractivity contribution in [1.29, 1.82) is 0 Å². The molecule has 0 spiro atoms. The molecule has 1 saturated heterocycles. The summed E-state index contributed by atoms with van der Waals surface area (Å²) < 4.78 is 24.1. The van der Waals surface area contributed by atoms with Crippen molar-refractivity contribution in [3.63, 3.8) is 0 Å². The van der Waals surface area contributed by atoms with Crippen LogP contribution in [-0.2, 0) is 15.0 Å². The molecule has 0 aromatic rings. The van der Waals surface area contributed by atoms with E-state index in [-0.39, 0.29) is 30.4 Å². The van der Waals surface area contributed by atoms with Crippen molar-refractivity contribution in [3.05, 3.63) is 0 Å². The van der Waals surface area contributed by atoms with Crippen LogP contribution in [0.4, 0.5) is 0 Å². The number of aliphatic carboxylic acids is 1. The summed E-state index contributed by atoms with van der Waals surface area (Å²) in [5, 5.41) is 17.6. The smallest absolute Gasteiger partial charge is 0.306 e. The van der Waals surface area contributed by atoms with Gasteiger partial charge in [-0.05, 0) is 12.8 Å². The van der Waals surface area contributed by atoms with E-state index in [4.69, 9.17) is 10.3 Å². The normalized spacial score (nSPS) is 20.7. The molecule has 1 heterocycles. The lowest BCUT2D eigenvalue weighted by Gasteiger charge is -2.30. The Morgan fingerprint density at radius 1 is 1.40 bits per heavy atom. The lowest BCUT2D eigenvalue weighted by atomic mass is 9.99. The molecule has 15 heavy (non-hydrogen) atoms. The number of piperidine rings is 1. The number of carboxylic acid groups (broad SMARTS) is 1. The Kier molecular flexibility index (Phi) is 3.66. The highest BCUT2D eigenvalue weighted by Gasteiger charge is 2.32. The lowest BCUT2D eigenvalue weighted by molar-refractivity contribution is -0.143. The van der Waals surface area contributed by atoms with Gasteiger partial charge in [0.05, 0.1) is 5.92 Å². The first-order chi connectivity index (χ1) is 6.85. The zero-order valence-electron chi connectivity index (χ0n) is 8.33. The van der Waals surface area contributed by atoms with Crippen molar-refractivity contribution >= 4 is 16.2 Å².